The average molecular weight is 214 g/mol. The number of rotatable bonds is 1. The quantitative estimate of drug-likeness (QED) is 0.774. The van der Waals surface area contributed by atoms with Gasteiger partial charge in [-0.3, -0.25) is 4.68 Å². The molecule has 2 unspecified atom stereocenters. The van der Waals surface area contributed by atoms with Crippen LogP contribution in [0.15, 0.2) is 6.20 Å². The second-order valence-electron chi connectivity index (χ2n) is 4.53. The fourth-order valence-corrected chi connectivity index (χ4v) is 2.99. The van der Waals surface area contributed by atoms with Crippen LogP contribution in [-0.4, -0.2) is 15.8 Å². The minimum atomic E-state index is 0.113. The third-order valence-corrected chi connectivity index (χ3v) is 3.52. The van der Waals surface area contributed by atoms with Gasteiger partial charge in [-0.15, -0.1) is 0 Å². The van der Waals surface area contributed by atoms with E-state index in [0.717, 1.165) is 30.0 Å². The summed E-state index contributed by atoms with van der Waals surface area (Å²) in [5, 5.41) is 4.94. The molecule has 4 heteroatoms. The highest BCUT2D eigenvalue weighted by Crippen LogP contribution is 2.42. The summed E-state index contributed by atoms with van der Waals surface area (Å²) in [6.45, 7) is 2.22. The van der Waals surface area contributed by atoms with Crippen molar-refractivity contribution in [2.75, 3.05) is 0 Å². The molecule has 0 saturated heterocycles. The Bertz CT molecular complexity index is 328. The fraction of sp³-hybridized carbons (Fsp3) is 0.700. The van der Waals surface area contributed by atoms with Crippen LogP contribution in [0.5, 0.6) is 0 Å². The van der Waals surface area contributed by atoms with E-state index in [1.165, 1.54) is 0 Å². The maximum atomic E-state index is 6.14. The molecule has 0 aliphatic heterocycles. The van der Waals surface area contributed by atoms with E-state index >= 15 is 0 Å². The van der Waals surface area contributed by atoms with Gasteiger partial charge in [0.15, 0.2) is 0 Å². The maximum Gasteiger partial charge on any atom is 0.0823 e. The van der Waals surface area contributed by atoms with Crippen LogP contribution in [0.2, 0.25) is 5.02 Å². The Morgan fingerprint density at radius 1 is 1.71 bits per heavy atom. The topological polar surface area (TPSA) is 43.8 Å². The standard InChI is InChI=1S/C10H16ClN3/c1-10(4-3-7(12)5-10)9-8(11)6-13-14(9)2/h6-7H,3-5,12H2,1-2H3. The van der Waals surface area contributed by atoms with Gasteiger partial charge in [0.05, 0.1) is 16.9 Å². The van der Waals surface area contributed by atoms with Gasteiger partial charge in [-0.25, -0.2) is 0 Å². The van der Waals surface area contributed by atoms with Crippen LogP contribution in [0.4, 0.5) is 0 Å². The molecule has 1 saturated carbocycles. The molecule has 2 atom stereocenters. The van der Waals surface area contributed by atoms with E-state index in [1.807, 2.05) is 11.7 Å². The third kappa shape index (κ3) is 1.44. The summed E-state index contributed by atoms with van der Waals surface area (Å²) < 4.78 is 1.88. The molecule has 2 rings (SSSR count). The minimum absolute atomic E-state index is 0.113. The molecule has 3 nitrogen and oxygen atoms in total. The van der Waals surface area contributed by atoms with Crippen molar-refractivity contribution in [2.45, 2.75) is 37.6 Å². The predicted molar refractivity (Wildman–Crippen MR) is 57.4 cm³/mol. The number of nitrogens with zero attached hydrogens (tertiary/aromatic N) is 2. The molecule has 78 valence electrons. The summed E-state index contributed by atoms with van der Waals surface area (Å²) in [5.74, 6) is 0. The molecule has 0 bridgehead atoms. The zero-order chi connectivity index (χ0) is 10.3. The SMILES string of the molecule is Cn1ncc(Cl)c1C1(C)CCC(N)C1. The molecule has 1 aliphatic rings. The summed E-state index contributed by atoms with van der Waals surface area (Å²) in [6, 6.07) is 0.311. The Hall–Kier alpha value is -0.540. The van der Waals surface area contributed by atoms with Crippen LogP contribution in [-0.2, 0) is 12.5 Å². The molecule has 0 spiro atoms. The smallest absolute Gasteiger partial charge is 0.0823 e. The van der Waals surface area contributed by atoms with E-state index in [4.69, 9.17) is 17.3 Å². The Balaban J connectivity index is 2.39. The number of hydrogen-bond acceptors (Lipinski definition) is 2. The van der Waals surface area contributed by atoms with Gasteiger partial charge >= 0.3 is 0 Å². The molecule has 1 aromatic heterocycles. The zero-order valence-electron chi connectivity index (χ0n) is 8.63. The highest BCUT2D eigenvalue weighted by atomic mass is 35.5. The van der Waals surface area contributed by atoms with E-state index in [1.54, 1.807) is 6.20 Å². The molecule has 0 radical (unpaired) electrons. The maximum absolute atomic E-state index is 6.14. The molecule has 2 N–H and O–H groups in total. The molecule has 0 aromatic carbocycles. The second-order valence-corrected chi connectivity index (χ2v) is 4.94. The Labute approximate surface area is 89.2 Å². The van der Waals surface area contributed by atoms with Crippen molar-refractivity contribution in [3.63, 3.8) is 0 Å². The molecule has 1 fully saturated rings. The van der Waals surface area contributed by atoms with Crippen molar-refractivity contribution in [1.82, 2.24) is 9.78 Å². The van der Waals surface area contributed by atoms with E-state index in [2.05, 4.69) is 12.0 Å². The van der Waals surface area contributed by atoms with E-state index in [9.17, 15) is 0 Å². The van der Waals surface area contributed by atoms with Crippen LogP contribution in [0.3, 0.4) is 0 Å². The van der Waals surface area contributed by atoms with E-state index < -0.39 is 0 Å². The molecule has 0 amide bonds. The van der Waals surface area contributed by atoms with Crippen molar-refractivity contribution >= 4 is 11.6 Å². The molecule has 1 aromatic rings. The fourth-order valence-electron chi connectivity index (χ4n) is 2.59. The van der Waals surface area contributed by atoms with Crippen LogP contribution < -0.4 is 5.73 Å². The van der Waals surface area contributed by atoms with Crippen molar-refractivity contribution in [2.24, 2.45) is 12.8 Å². The summed E-state index contributed by atoms with van der Waals surface area (Å²) in [4.78, 5) is 0. The van der Waals surface area contributed by atoms with Crippen molar-refractivity contribution < 1.29 is 0 Å². The van der Waals surface area contributed by atoms with Crippen LogP contribution >= 0.6 is 11.6 Å². The van der Waals surface area contributed by atoms with E-state index in [0.29, 0.717) is 6.04 Å². The number of aromatic nitrogens is 2. The van der Waals surface area contributed by atoms with Crippen molar-refractivity contribution in [3.8, 4) is 0 Å². The lowest BCUT2D eigenvalue weighted by molar-refractivity contribution is 0.442. The molecule has 1 aliphatic carbocycles. The largest absolute Gasteiger partial charge is 0.328 e. The number of aryl methyl sites for hydroxylation is 1. The van der Waals surface area contributed by atoms with Crippen molar-refractivity contribution in [3.05, 3.63) is 16.9 Å². The van der Waals surface area contributed by atoms with Gasteiger partial charge in [-0.1, -0.05) is 18.5 Å². The highest BCUT2D eigenvalue weighted by Gasteiger charge is 2.38. The molecule has 1 heterocycles. The van der Waals surface area contributed by atoms with Gasteiger partial charge in [-0.2, -0.15) is 5.10 Å². The number of hydrogen-bond donors (Lipinski definition) is 1. The minimum Gasteiger partial charge on any atom is -0.328 e. The summed E-state index contributed by atoms with van der Waals surface area (Å²) in [7, 11) is 1.94. The monoisotopic (exact) mass is 213 g/mol. The van der Waals surface area contributed by atoms with Gasteiger partial charge in [0.1, 0.15) is 0 Å². The first-order valence-corrected chi connectivity index (χ1v) is 5.34. The van der Waals surface area contributed by atoms with E-state index in [-0.39, 0.29) is 5.41 Å². The molecule has 14 heavy (non-hydrogen) atoms. The van der Waals surface area contributed by atoms with Crippen LogP contribution in [0.1, 0.15) is 31.9 Å². The Kier molecular flexibility index (Phi) is 2.32. The lowest BCUT2D eigenvalue weighted by Crippen LogP contribution is -2.25. The number of halogens is 1. The van der Waals surface area contributed by atoms with Crippen molar-refractivity contribution in [1.29, 1.82) is 0 Å². The average Bonchev–Trinajstić information content (AvgIpc) is 2.58. The zero-order valence-corrected chi connectivity index (χ0v) is 9.38. The normalized spacial score (nSPS) is 32.4. The number of nitrogens with two attached hydrogens (primary N) is 1. The molecular weight excluding hydrogens is 198 g/mol. The second kappa shape index (κ2) is 3.24. The third-order valence-electron chi connectivity index (χ3n) is 3.25. The Morgan fingerprint density at radius 3 is 2.86 bits per heavy atom. The highest BCUT2D eigenvalue weighted by molar-refractivity contribution is 6.31. The first-order chi connectivity index (χ1) is 6.53. The van der Waals surface area contributed by atoms with Gasteiger partial charge in [-0.05, 0) is 19.3 Å². The van der Waals surface area contributed by atoms with Crippen LogP contribution in [0.25, 0.3) is 0 Å². The first kappa shape index (κ1) is 9.99. The summed E-state index contributed by atoms with van der Waals surface area (Å²) in [5.41, 5.74) is 7.19. The summed E-state index contributed by atoms with van der Waals surface area (Å²) in [6.07, 6.45) is 4.91. The predicted octanol–water partition coefficient (Wildman–Crippen LogP) is 1.84. The lowest BCUT2D eigenvalue weighted by Gasteiger charge is -2.24. The first-order valence-electron chi connectivity index (χ1n) is 4.96. The van der Waals surface area contributed by atoms with Gasteiger partial charge in [0, 0.05) is 18.5 Å². The Morgan fingerprint density at radius 2 is 2.43 bits per heavy atom. The summed E-state index contributed by atoms with van der Waals surface area (Å²) >= 11 is 6.14. The van der Waals surface area contributed by atoms with Crippen LogP contribution in [0, 0.1) is 0 Å². The van der Waals surface area contributed by atoms with Gasteiger partial charge < -0.3 is 5.73 Å². The lowest BCUT2D eigenvalue weighted by atomic mass is 9.84. The van der Waals surface area contributed by atoms with Gasteiger partial charge in [0.25, 0.3) is 0 Å². The van der Waals surface area contributed by atoms with Gasteiger partial charge in [0.2, 0.25) is 0 Å². The molecular formula is C10H16ClN3.